The Morgan fingerprint density at radius 1 is 1.03 bits per heavy atom. The van der Waals surface area contributed by atoms with Gasteiger partial charge in [-0.15, -0.1) is 0 Å². The van der Waals surface area contributed by atoms with E-state index in [0.29, 0.717) is 20.8 Å². The molecule has 156 valence electrons. The zero-order valence-electron chi connectivity index (χ0n) is 16.4. The summed E-state index contributed by atoms with van der Waals surface area (Å²) in [4.78, 5) is 26.9. The Kier molecular flexibility index (Phi) is 8.62. The van der Waals surface area contributed by atoms with Gasteiger partial charge < -0.3 is 15.0 Å². The van der Waals surface area contributed by atoms with Crippen molar-refractivity contribution in [1.29, 1.82) is 0 Å². The molecular weight excluding hydrogens is 435 g/mol. The van der Waals surface area contributed by atoms with Crippen molar-refractivity contribution >= 4 is 46.6 Å². The Morgan fingerprint density at radius 3 is 2.38 bits per heavy atom. The molecule has 0 spiro atoms. The van der Waals surface area contributed by atoms with Gasteiger partial charge in [0.05, 0.1) is 10.0 Å². The van der Waals surface area contributed by atoms with Gasteiger partial charge in [-0.2, -0.15) is 0 Å². The van der Waals surface area contributed by atoms with E-state index in [0.717, 1.165) is 5.56 Å². The molecule has 0 unspecified atom stereocenters. The van der Waals surface area contributed by atoms with Gasteiger partial charge in [0.15, 0.2) is 6.61 Å². The molecule has 0 aromatic heterocycles. The van der Waals surface area contributed by atoms with Crippen molar-refractivity contribution in [2.75, 3.05) is 6.61 Å². The summed E-state index contributed by atoms with van der Waals surface area (Å²) in [5.74, 6) is -0.127. The summed E-state index contributed by atoms with van der Waals surface area (Å²) in [7, 11) is 0. The maximum Gasteiger partial charge on any atom is 0.261 e. The molecule has 0 bridgehead atoms. The molecule has 0 saturated carbocycles. The molecule has 1 N–H and O–H groups in total. The number of benzene rings is 2. The molecule has 2 amide bonds. The molecule has 0 aliphatic carbocycles. The Hall–Kier alpha value is -1.95. The lowest BCUT2D eigenvalue weighted by Gasteiger charge is -2.29. The predicted molar refractivity (Wildman–Crippen MR) is 117 cm³/mol. The molecule has 0 aliphatic heterocycles. The van der Waals surface area contributed by atoms with Crippen LogP contribution in [0.3, 0.4) is 0 Å². The molecule has 29 heavy (non-hydrogen) atoms. The highest BCUT2D eigenvalue weighted by molar-refractivity contribution is 6.42. The van der Waals surface area contributed by atoms with Gasteiger partial charge in [-0.1, -0.05) is 46.9 Å². The smallest absolute Gasteiger partial charge is 0.261 e. The fraction of sp³-hybridized carbons (Fsp3) is 0.333. The molecule has 0 aliphatic rings. The van der Waals surface area contributed by atoms with Crippen molar-refractivity contribution in [2.24, 2.45) is 0 Å². The number of halogens is 3. The lowest BCUT2D eigenvalue weighted by atomic mass is 10.1. The van der Waals surface area contributed by atoms with Crippen molar-refractivity contribution in [3.8, 4) is 5.75 Å². The van der Waals surface area contributed by atoms with E-state index in [1.54, 1.807) is 49.4 Å². The first-order valence-corrected chi connectivity index (χ1v) is 10.2. The van der Waals surface area contributed by atoms with E-state index >= 15 is 0 Å². The van der Waals surface area contributed by atoms with Gasteiger partial charge in [0.1, 0.15) is 11.8 Å². The number of hydrogen-bond acceptors (Lipinski definition) is 3. The second-order valence-electron chi connectivity index (χ2n) is 6.86. The van der Waals surface area contributed by atoms with Crippen LogP contribution < -0.4 is 10.1 Å². The third kappa shape index (κ3) is 7.11. The van der Waals surface area contributed by atoms with Crippen molar-refractivity contribution < 1.29 is 14.3 Å². The van der Waals surface area contributed by atoms with Gasteiger partial charge >= 0.3 is 0 Å². The topological polar surface area (TPSA) is 58.6 Å². The summed E-state index contributed by atoms with van der Waals surface area (Å²) in [6.45, 7) is 5.34. The first-order chi connectivity index (χ1) is 13.7. The molecule has 2 rings (SSSR count). The summed E-state index contributed by atoms with van der Waals surface area (Å²) in [5.41, 5.74) is 0.750. The predicted octanol–water partition coefficient (Wildman–Crippen LogP) is 4.97. The quantitative estimate of drug-likeness (QED) is 0.609. The normalized spacial score (nSPS) is 11.8. The van der Waals surface area contributed by atoms with Crippen molar-refractivity contribution in [3.63, 3.8) is 0 Å². The third-order valence-corrected chi connectivity index (χ3v) is 5.07. The van der Waals surface area contributed by atoms with E-state index in [2.05, 4.69) is 5.32 Å². The molecule has 5 nitrogen and oxygen atoms in total. The van der Waals surface area contributed by atoms with Crippen LogP contribution in [0.5, 0.6) is 5.75 Å². The Labute approximate surface area is 185 Å². The number of hydrogen-bond donors (Lipinski definition) is 1. The van der Waals surface area contributed by atoms with E-state index in [1.165, 1.54) is 4.90 Å². The van der Waals surface area contributed by atoms with Crippen molar-refractivity contribution in [2.45, 2.75) is 39.4 Å². The molecule has 0 fully saturated rings. The minimum absolute atomic E-state index is 0.0467. The monoisotopic (exact) mass is 456 g/mol. The van der Waals surface area contributed by atoms with E-state index in [1.807, 2.05) is 13.8 Å². The highest BCUT2D eigenvalue weighted by atomic mass is 35.5. The highest BCUT2D eigenvalue weighted by Gasteiger charge is 2.27. The highest BCUT2D eigenvalue weighted by Crippen LogP contribution is 2.24. The van der Waals surface area contributed by atoms with Crippen LogP contribution in [0.2, 0.25) is 15.1 Å². The summed E-state index contributed by atoms with van der Waals surface area (Å²) in [5, 5.41) is 4.13. The van der Waals surface area contributed by atoms with Crippen LogP contribution in [0.25, 0.3) is 0 Å². The zero-order chi connectivity index (χ0) is 21.6. The Balaban J connectivity index is 2.18. The minimum Gasteiger partial charge on any atom is -0.484 e. The van der Waals surface area contributed by atoms with E-state index < -0.39 is 6.04 Å². The lowest BCUT2D eigenvalue weighted by Crippen LogP contribution is -2.50. The molecule has 0 heterocycles. The lowest BCUT2D eigenvalue weighted by molar-refractivity contribution is -0.142. The second-order valence-corrected chi connectivity index (χ2v) is 8.11. The van der Waals surface area contributed by atoms with Gasteiger partial charge in [-0.3, -0.25) is 9.59 Å². The SMILES string of the molecule is CC(C)NC(=O)[C@@H](C)N(Cc1ccc(Cl)c(Cl)c1)C(=O)COc1cccc(Cl)c1. The van der Waals surface area contributed by atoms with Crippen molar-refractivity contribution in [3.05, 3.63) is 63.1 Å². The number of rotatable bonds is 8. The van der Waals surface area contributed by atoms with Crippen LogP contribution in [0.15, 0.2) is 42.5 Å². The zero-order valence-corrected chi connectivity index (χ0v) is 18.7. The average molecular weight is 458 g/mol. The van der Waals surface area contributed by atoms with Crippen LogP contribution in [-0.4, -0.2) is 35.4 Å². The van der Waals surface area contributed by atoms with E-state index in [9.17, 15) is 9.59 Å². The number of carbonyl (C=O) groups is 2. The number of nitrogens with one attached hydrogen (secondary N) is 1. The number of ether oxygens (including phenoxy) is 1. The number of carbonyl (C=O) groups excluding carboxylic acids is 2. The van der Waals surface area contributed by atoms with Gasteiger partial charge in [0.2, 0.25) is 5.91 Å². The summed E-state index contributed by atoms with van der Waals surface area (Å²) in [6, 6.07) is 11.1. The molecule has 8 heteroatoms. The molecule has 2 aromatic rings. The molecule has 0 saturated heterocycles. The second kappa shape index (κ2) is 10.7. The van der Waals surface area contributed by atoms with Crippen LogP contribution >= 0.6 is 34.8 Å². The standard InChI is InChI=1S/C21H23Cl3N2O3/c1-13(2)25-21(28)14(3)26(11-15-7-8-18(23)19(24)9-15)20(27)12-29-17-6-4-5-16(22)10-17/h4-10,13-14H,11-12H2,1-3H3,(H,25,28)/t14-/m1/s1. The Bertz CT molecular complexity index is 874. The molecule has 0 radical (unpaired) electrons. The molecule has 1 atom stereocenters. The van der Waals surface area contributed by atoms with Crippen LogP contribution in [-0.2, 0) is 16.1 Å². The molecule has 2 aromatic carbocycles. The summed E-state index contributed by atoms with van der Waals surface area (Å²) < 4.78 is 5.57. The first-order valence-electron chi connectivity index (χ1n) is 9.09. The van der Waals surface area contributed by atoms with E-state index in [4.69, 9.17) is 39.5 Å². The number of nitrogens with zero attached hydrogens (tertiary/aromatic N) is 1. The molecular formula is C21H23Cl3N2O3. The third-order valence-electron chi connectivity index (χ3n) is 4.09. The Morgan fingerprint density at radius 2 is 1.76 bits per heavy atom. The van der Waals surface area contributed by atoms with Crippen molar-refractivity contribution in [1.82, 2.24) is 10.2 Å². The van der Waals surface area contributed by atoms with Crippen LogP contribution in [0.4, 0.5) is 0 Å². The summed E-state index contributed by atoms with van der Waals surface area (Å²) >= 11 is 18.0. The first kappa shape index (κ1) is 23.3. The minimum atomic E-state index is -0.706. The van der Waals surface area contributed by atoms with E-state index in [-0.39, 0.29) is 31.0 Å². The largest absolute Gasteiger partial charge is 0.484 e. The maximum absolute atomic E-state index is 12.9. The fourth-order valence-electron chi connectivity index (χ4n) is 2.61. The van der Waals surface area contributed by atoms with Gasteiger partial charge in [-0.05, 0) is 56.7 Å². The van der Waals surface area contributed by atoms with Crippen LogP contribution in [0.1, 0.15) is 26.3 Å². The fourth-order valence-corrected chi connectivity index (χ4v) is 3.11. The van der Waals surface area contributed by atoms with Crippen LogP contribution in [0, 0.1) is 0 Å². The summed E-state index contributed by atoms with van der Waals surface area (Å²) in [6.07, 6.45) is 0. The van der Waals surface area contributed by atoms with Gasteiger partial charge in [0, 0.05) is 17.6 Å². The van der Waals surface area contributed by atoms with Gasteiger partial charge in [-0.25, -0.2) is 0 Å². The maximum atomic E-state index is 12.9. The number of amides is 2. The average Bonchev–Trinajstić information content (AvgIpc) is 2.66. The van der Waals surface area contributed by atoms with Gasteiger partial charge in [0.25, 0.3) is 5.91 Å².